The van der Waals surface area contributed by atoms with Crippen LogP contribution in [0.25, 0.3) is 0 Å². The summed E-state index contributed by atoms with van der Waals surface area (Å²) in [6, 6.07) is 3.92. The lowest BCUT2D eigenvalue weighted by Gasteiger charge is -2.22. The van der Waals surface area contributed by atoms with Crippen LogP contribution in [0.3, 0.4) is 0 Å². The fraction of sp³-hybridized carbons (Fsp3) is 0.562. The number of carbonyl (C=O) groups excluding carboxylic acids is 1. The molecule has 24 heavy (non-hydrogen) atoms. The molecule has 0 spiro atoms. The quantitative estimate of drug-likeness (QED) is 0.704. The van der Waals surface area contributed by atoms with Crippen LogP contribution < -0.4 is 21.3 Å². The van der Waals surface area contributed by atoms with E-state index in [9.17, 15) is 4.79 Å². The van der Waals surface area contributed by atoms with Gasteiger partial charge in [0, 0.05) is 11.5 Å². The predicted molar refractivity (Wildman–Crippen MR) is 97.8 cm³/mol. The van der Waals surface area contributed by atoms with Crippen LogP contribution >= 0.6 is 15.9 Å². The number of anilines is 2. The van der Waals surface area contributed by atoms with Gasteiger partial charge >= 0.3 is 6.09 Å². The second-order valence-corrected chi connectivity index (χ2v) is 7.69. The summed E-state index contributed by atoms with van der Waals surface area (Å²) in [6.45, 7) is 8.24. The summed E-state index contributed by atoms with van der Waals surface area (Å²) in [7, 11) is 1.93. The highest BCUT2D eigenvalue weighted by molar-refractivity contribution is 9.10. The van der Waals surface area contributed by atoms with E-state index in [0.717, 1.165) is 21.4 Å². The number of benzene rings is 1. The van der Waals surface area contributed by atoms with Crippen molar-refractivity contribution in [1.29, 1.82) is 0 Å². The highest BCUT2D eigenvalue weighted by Crippen LogP contribution is 2.36. The molecule has 0 radical (unpaired) electrons. The smallest absolute Gasteiger partial charge is 0.407 e. The normalized spacial score (nSPS) is 14.8. The zero-order valence-electron chi connectivity index (χ0n) is 14.7. The van der Waals surface area contributed by atoms with E-state index >= 15 is 0 Å². The third kappa shape index (κ3) is 5.25. The molecule has 0 aromatic heterocycles. The SMILES string of the molecule is C[C@H](COCc1cc(Br)c2c(c1)NNN2C)NC(=O)OC(C)(C)C. The average molecular weight is 401 g/mol. The van der Waals surface area contributed by atoms with Gasteiger partial charge in [-0.2, -0.15) is 0 Å². The molecule has 1 atom stereocenters. The Balaban J connectivity index is 1.80. The van der Waals surface area contributed by atoms with Crippen molar-refractivity contribution in [3.05, 3.63) is 22.2 Å². The molecule has 1 aromatic carbocycles. The summed E-state index contributed by atoms with van der Waals surface area (Å²) in [5.41, 5.74) is 8.69. The van der Waals surface area contributed by atoms with Crippen LogP contribution in [0.4, 0.5) is 16.2 Å². The van der Waals surface area contributed by atoms with E-state index in [4.69, 9.17) is 9.47 Å². The third-order valence-corrected chi connectivity index (χ3v) is 3.82. The van der Waals surface area contributed by atoms with E-state index in [1.807, 2.05) is 51.9 Å². The molecule has 0 aliphatic carbocycles. The van der Waals surface area contributed by atoms with Gasteiger partial charge in [-0.05, 0) is 61.3 Å². The molecule has 1 aromatic rings. The van der Waals surface area contributed by atoms with E-state index < -0.39 is 11.7 Å². The first-order valence-electron chi connectivity index (χ1n) is 7.81. The van der Waals surface area contributed by atoms with Crippen LogP contribution in [-0.4, -0.2) is 31.4 Å². The molecule has 1 aliphatic rings. The number of alkyl carbamates (subject to hydrolysis) is 1. The minimum atomic E-state index is -0.504. The maximum atomic E-state index is 11.7. The molecule has 0 bridgehead atoms. The second-order valence-electron chi connectivity index (χ2n) is 6.83. The largest absolute Gasteiger partial charge is 0.444 e. The summed E-state index contributed by atoms with van der Waals surface area (Å²) in [6.07, 6.45) is -0.433. The summed E-state index contributed by atoms with van der Waals surface area (Å²) < 4.78 is 11.9. The van der Waals surface area contributed by atoms with Crippen molar-refractivity contribution in [2.24, 2.45) is 0 Å². The summed E-state index contributed by atoms with van der Waals surface area (Å²) in [4.78, 5) is 11.7. The summed E-state index contributed by atoms with van der Waals surface area (Å²) in [5, 5.41) is 4.66. The van der Waals surface area contributed by atoms with Gasteiger partial charge in [0.15, 0.2) is 0 Å². The van der Waals surface area contributed by atoms with Gasteiger partial charge in [0.1, 0.15) is 5.60 Å². The number of hydrazine groups is 2. The van der Waals surface area contributed by atoms with Crippen molar-refractivity contribution in [1.82, 2.24) is 10.9 Å². The van der Waals surface area contributed by atoms with Crippen LogP contribution in [-0.2, 0) is 16.1 Å². The van der Waals surface area contributed by atoms with Crippen molar-refractivity contribution in [3.8, 4) is 0 Å². The van der Waals surface area contributed by atoms with E-state index in [2.05, 4.69) is 32.2 Å². The summed E-state index contributed by atoms with van der Waals surface area (Å²) >= 11 is 3.57. The number of ether oxygens (including phenoxy) is 2. The number of hydrogen-bond acceptors (Lipinski definition) is 6. The van der Waals surface area contributed by atoms with Gasteiger partial charge in [-0.25, -0.2) is 4.79 Å². The molecule has 1 heterocycles. The molecular formula is C16H25BrN4O3. The fourth-order valence-corrected chi connectivity index (χ4v) is 3.05. The molecule has 0 unspecified atom stereocenters. The maximum Gasteiger partial charge on any atom is 0.407 e. The maximum absolute atomic E-state index is 11.7. The van der Waals surface area contributed by atoms with Gasteiger partial charge in [0.2, 0.25) is 0 Å². The van der Waals surface area contributed by atoms with Crippen molar-refractivity contribution in [2.75, 3.05) is 24.1 Å². The molecule has 0 saturated carbocycles. The minimum Gasteiger partial charge on any atom is -0.444 e. The van der Waals surface area contributed by atoms with Gasteiger partial charge in [-0.15, -0.1) is 5.53 Å². The number of nitrogens with zero attached hydrogens (tertiary/aromatic N) is 1. The van der Waals surface area contributed by atoms with E-state index in [1.54, 1.807) is 0 Å². The Hall–Kier alpha value is -1.51. The van der Waals surface area contributed by atoms with Crippen molar-refractivity contribution >= 4 is 33.4 Å². The number of rotatable bonds is 5. The highest BCUT2D eigenvalue weighted by Gasteiger charge is 2.20. The van der Waals surface area contributed by atoms with Crippen molar-refractivity contribution in [2.45, 2.75) is 45.9 Å². The monoisotopic (exact) mass is 400 g/mol. The lowest BCUT2D eigenvalue weighted by Crippen LogP contribution is -2.39. The van der Waals surface area contributed by atoms with E-state index in [1.165, 1.54) is 0 Å². The Morgan fingerprint density at radius 1 is 1.42 bits per heavy atom. The third-order valence-electron chi connectivity index (χ3n) is 3.22. The highest BCUT2D eigenvalue weighted by atomic mass is 79.9. The van der Waals surface area contributed by atoms with Gasteiger partial charge < -0.3 is 20.2 Å². The average Bonchev–Trinajstić information content (AvgIpc) is 2.78. The number of nitrogens with one attached hydrogen (secondary N) is 3. The Labute approximate surface area is 151 Å². The topological polar surface area (TPSA) is 74.9 Å². The molecule has 1 amide bonds. The number of amides is 1. The molecule has 134 valence electrons. The molecule has 7 nitrogen and oxygen atoms in total. The molecule has 0 saturated heterocycles. The van der Waals surface area contributed by atoms with Gasteiger partial charge in [-0.1, -0.05) is 0 Å². The second kappa shape index (κ2) is 7.58. The molecule has 2 rings (SSSR count). The minimum absolute atomic E-state index is 0.136. The van der Waals surface area contributed by atoms with Gasteiger partial charge in [0.25, 0.3) is 0 Å². The molecule has 3 N–H and O–H groups in total. The van der Waals surface area contributed by atoms with Crippen LogP contribution in [0, 0.1) is 0 Å². The zero-order valence-corrected chi connectivity index (χ0v) is 16.3. The number of carbonyl (C=O) groups is 1. The van der Waals surface area contributed by atoms with Crippen molar-refractivity contribution < 1.29 is 14.3 Å². The Bertz CT molecular complexity index is 604. The Morgan fingerprint density at radius 3 is 2.79 bits per heavy atom. The molecule has 8 heteroatoms. The molecular weight excluding hydrogens is 376 g/mol. The number of hydrogen-bond donors (Lipinski definition) is 3. The van der Waals surface area contributed by atoms with E-state index in [-0.39, 0.29) is 6.04 Å². The number of halogens is 1. The van der Waals surface area contributed by atoms with Crippen LogP contribution in [0.2, 0.25) is 0 Å². The summed E-state index contributed by atoms with van der Waals surface area (Å²) in [5.74, 6) is 0. The lowest BCUT2D eigenvalue weighted by atomic mass is 10.2. The first-order valence-corrected chi connectivity index (χ1v) is 8.60. The first kappa shape index (κ1) is 18.8. The van der Waals surface area contributed by atoms with Crippen molar-refractivity contribution in [3.63, 3.8) is 0 Å². The zero-order chi connectivity index (χ0) is 17.9. The number of fused-ring (bicyclic) bond motifs is 1. The lowest BCUT2D eigenvalue weighted by molar-refractivity contribution is 0.0442. The Kier molecular flexibility index (Phi) is 5.95. The molecule has 1 aliphatic heterocycles. The standard InChI is InChI=1S/C16H25BrN4O3/c1-10(18-15(22)24-16(2,3)4)8-23-9-11-6-12(17)14-13(7-11)19-20-21(14)5/h6-7,10,19-20H,8-9H2,1-5H3,(H,18,22)/t10-/m1/s1. The van der Waals surface area contributed by atoms with Gasteiger partial charge in [-0.3, -0.25) is 5.01 Å². The Morgan fingerprint density at radius 2 is 2.12 bits per heavy atom. The molecule has 0 fully saturated rings. The van der Waals surface area contributed by atoms with Crippen LogP contribution in [0.1, 0.15) is 33.3 Å². The van der Waals surface area contributed by atoms with Crippen LogP contribution in [0.15, 0.2) is 16.6 Å². The van der Waals surface area contributed by atoms with Gasteiger partial charge in [0.05, 0.1) is 30.6 Å². The first-order chi connectivity index (χ1) is 11.2. The van der Waals surface area contributed by atoms with E-state index in [0.29, 0.717) is 13.2 Å². The van der Waals surface area contributed by atoms with Crippen LogP contribution in [0.5, 0.6) is 0 Å². The predicted octanol–water partition coefficient (Wildman–Crippen LogP) is 3.16. The fourth-order valence-electron chi connectivity index (χ4n) is 2.28.